The molecule has 6 nitrogen and oxygen atoms in total. The summed E-state index contributed by atoms with van der Waals surface area (Å²) in [7, 11) is 0. The molecule has 0 heterocycles. The Kier molecular flexibility index (Phi) is 62.7. The molecule has 77 heavy (non-hydrogen) atoms. The Balaban J connectivity index is 4.20. The summed E-state index contributed by atoms with van der Waals surface area (Å²) < 4.78 is 16.9. The molecule has 0 aliphatic heterocycles. The number of esters is 3. The van der Waals surface area contributed by atoms with Gasteiger partial charge in [-0.2, -0.15) is 0 Å². The molecule has 0 saturated carbocycles. The molecule has 0 radical (unpaired) electrons. The van der Waals surface area contributed by atoms with Gasteiger partial charge in [-0.05, 0) is 83.5 Å². The van der Waals surface area contributed by atoms with Gasteiger partial charge >= 0.3 is 17.9 Å². The Morgan fingerprint density at radius 3 is 0.792 bits per heavy atom. The minimum atomic E-state index is -0.792. The van der Waals surface area contributed by atoms with Crippen molar-refractivity contribution in [1.82, 2.24) is 0 Å². The molecule has 0 aromatic carbocycles. The average molecular weight is 1080 g/mol. The van der Waals surface area contributed by atoms with E-state index in [4.69, 9.17) is 14.2 Å². The largest absolute Gasteiger partial charge is 0.462 e. The first-order chi connectivity index (χ1) is 38.0. The van der Waals surface area contributed by atoms with Gasteiger partial charge in [-0.3, -0.25) is 14.4 Å². The van der Waals surface area contributed by atoms with Gasteiger partial charge in [-0.25, -0.2) is 0 Å². The lowest BCUT2D eigenvalue weighted by Gasteiger charge is -2.18. The third kappa shape index (κ3) is 63.6. The van der Waals surface area contributed by atoms with Crippen molar-refractivity contribution < 1.29 is 28.6 Å². The maximum Gasteiger partial charge on any atom is 0.306 e. The van der Waals surface area contributed by atoms with Crippen LogP contribution in [0, 0.1) is 0 Å². The van der Waals surface area contributed by atoms with Crippen LogP contribution in [0.3, 0.4) is 0 Å². The fraction of sp³-hybridized carbons (Fsp3) is 0.789. The molecule has 6 heteroatoms. The SMILES string of the molecule is CC/C=C\C/C=C\C/C=C\CCCCCCCC(=O)OCC(COC(=O)CCCCCCCCCCCCCCCCCCCCCCCCCCCCCCC)OC(=O)CCCCCCC/C=C\C/C=C\C/C=C\CC. The van der Waals surface area contributed by atoms with Crippen molar-refractivity contribution in [2.45, 2.75) is 348 Å². The number of carbonyl (C=O) groups is 3. The van der Waals surface area contributed by atoms with Crippen molar-refractivity contribution in [1.29, 1.82) is 0 Å². The van der Waals surface area contributed by atoms with Gasteiger partial charge in [0.05, 0.1) is 0 Å². The molecule has 1 atom stereocenters. The molecule has 0 saturated heterocycles. The van der Waals surface area contributed by atoms with Crippen molar-refractivity contribution >= 4 is 17.9 Å². The Labute approximate surface area is 478 Å². The van der Waals surface area contributed by atoms with Gasteiger partial charge in [0.15, 0.2) is 6.10 Å². The molecule has 0 N–H and O–H groups in total. The van der Waals surface area contributed by atoms with E-state index < -0.39 is 6.10 Å². The highest BCUT2D eigenvalue weighted by molar-refractivity contribution is 5.71. The fourth-order valence-electron chi connectivity index (χ4n) is 9.77. The lowest BCUT2D eigenvalue weighted by Crippen LogP contribution is -2.30. The standard InChI is InChI=1S/C71H126O6/c1-4-7-10-13-16-19-22-25-28-29-30-31-32-33-34-35-36-37-38-39-40-41-44-46-49-52-55-58-61-64-70(73)76-67-68(77-71(74)65-62-59-56-53-50-47-43-27-24-21-18-15-12-9-6-3)66-75-69(72)63-60-57-54-51-48-45-42-26-23-20-17-14-11-8-5-2/h8-9,11-12,17-18,20-21,26-27,42-43,68H,4-7,10,13-16,19,22-25,28-41,44-67H2,1-3H3/b11-8-,12-9-,20-17-,21-18-,42-26-,43-27-. The van der Waals surface area contributed by atoms with Gasteiger partial charge in [0.1, 0.15) is 13.2 Å². The van der Waals surface area contributed by atoms with E-state index in [2.05, 4.69) is 93.7 Å². The predicted octanol–water partition coefficient (Wildman–Crippen LogP) is 22.9. The minimum absolute atomic E-state index is 0.0856. The van der Waals surface area contributed by atoms with Gasteiger partial charge in [0.2, 0.25) is 0 Å². The van der Waals surface area contributed by atoms with Crippen LogP contribution in [0.4, 0.5) is 0 Å². The van der Waals surface area contributed by atoms with Gasteiger partial charge in [-0.1, -0.05) is 312 Å². The van der Waals surface area contributed by atoms with Crippen LogP contribution in [0.2, 0.25) is 0 Å². The van der Waals surface area contributed by atoms with E-state index in [1.165, 1.54) is 167 Å². The number of allylic oxidation sites excluding steroid dienone is 12. The number of rotatable bonds is 61. The summed E-state index contributed by atoms with van der Waals surface area (Å²) >= 11 is 0. The maximum absolute atomic E-state index is 12.9. The summed E-state index contributed by atoms with van der Waals surface area (Å²) in [5, 5.41) is 0. The van der Waals surface area contributed by atoms with Crippen molar-refractivity contribution in [2.75, 3.05) is 13.2 Å². The molecule has 0 bridgehead atoms. The Hall–Kier alpha value is -3.15. The molecule has 0 spiro atoms. The number of ether oxygens (including phenoxy) is 3. The normalized spacial score (nSPS) is 12.5. The molecule has 0 aromatic heterocycles. The second-order valence-electron chi connectivity index (χ2n) is 22.3. The van der Waals surface area contributed by atoms with Crippen LogP contribution in [0.15, 0.2) is 72.9 Å². The van der Waals surface area contributed by atoms with Crippen LogP contribution < -0.4 is 0 Å². The van der Waals surface area contributed by atoms with Crippen molar-refractivity contribution in [3.63, 3.8) is 0 Å². The highest BCUT2D eigenvalue weighted by atomic mass is 16.6. The summed E-state index contributed by atoms with van der Waals surface area (Å²) in [6, 6.07) is 0. The number of unbranched alkanes of at least 4 members (excludes halogenated alkanes) is 38. The molecule has 446 valence electrons. The van der Waals surface area contributed by atoms with Crippen molar-refractivity contribution in [3.05, 3.63) is 72.9 Å². The zero-order valence-electron chi connectivity index (χ0n) is 51.2. The van der Waals surface area contributed by atoms with Gasteiger partial charge in [-0.15, -0.1) is 0 Å². The molecule has 0 aliphatic rings. The third-order valence-electron chi connectivity index (χ3n) is 14.7. The van der Waals surface area contributed by atoms with Crippen molar-refractivity contribution in [2.24, 2.45) is 0 Å². The van der Waals surface area contributed by atoms with E-state index in [0.717, 1.165) is 135 Å². The maximum atomic E-state index is 12.9. The molecular formula is C71H126O6. The quantitative estimate of drug-likeness (QED) is 0.0261. The van der Waals surface area contributed by atoms with Crippen LogP contribution >= 0.6 is 0 Å². The Bertz CT molecular complexity index is 1420. The van der Waals surface area contributed by atoms with E-state index in [1.54, 1.807) is 0 Å². The summed E-state index contributed by atoms with van der Waals surface area (Å²) in [4.78, 5) is 38.3. The zero-order chi connectivity index (χ0) is 55.7. The summed E-state index contributed by atoms with van der Waals surface area (Å²) in [6.07, 6.45) is 85.1. The molecule has 0 rings (SSSR count). The smallest absolute Gasteiger partial charge is 0.306 e. The molecular weight excluding hydrogens is 949 g/mol. The fourth-order valence-corrected chi connectivity index (χ4v) is 9.77. The number of hydrogen-bond acceptors (Lipinski definition) is 6. The first-order valence-corrected chi connectivity index (χ1v) is 33.4. The van der Waals surface area contributed by atoms with Gasteiger partial charge in [0, 0.05) is 19.3 Å². The average Bonchev–Trinajstić information content (AvgIpc) is 3.43. The second kappa shape index (κ2) is 65.4. The summed E-state index contributed by atoms with van der Waals surface area (Å²) in [5.41, 5.74) is 0. The highest BCUT2D eigenvalue weighted by Crippen LogP contribution is 2.18. The van der Waals surface area contributed by atoms with Crippen LogP contribution in [0.25, 0.3) is 0 Å². The van der Waals surface area contributed by atoms with Crippen LogP contribution in [-0.4, -0.2) is 37.2 Å². The third-order valence-corrected chi connectivity index (χ3v) is 14.7. The van der Waals surface area contributed by atoms with E-state index >= 15 is 0 Å². The van der Waals surface area contributed by atoms with Crippen LogP contribution in [0.5, 0.6) is 0 Å². The Morgan fingerprint density at radius 2 is 0.506 bits per heavy atom. The van der Waals surface area contributed by atoms with E-state index in [9.17, 15) is 14.4 Å². The lowest BCUT2D eigenvalue weighted by molar-refractivity contribution is -0.167. The first-order valence-electron chi connectivity index (χ1n) is 33.4. The van der Waals surface area contributed by atoms with Crippen LogP contribution in [-0.2, 0) is 28.6 Å². The van der Waals surface area contributed by atoms with Crippen LogP contribution in [0.1, 0.15) is 342 Å². The van der Waals surface area contributed by atoms with Gasteiger partial charge < -0.3 is 14.2 Å². The molecule has 1 unspecified atom stereocenters. The number of hydrogen-bond donors (Lipinski definition) is 0. The molecule has 0 amide bonds. The molecule has 0 aliphatic carbocycles. The molecule has 0 aromatic rings. The number of carbonyl (C=O) groups excluding carboxylic acids is 3. The van der Waals surface area contributed by atoms with E-state index in [0.29, 0.717) is 19.3 Å². The minimum Gasteiger partial charge on any atom is -0.462 e. The highest BCUT2D eigenvalue weighted by Gasteiger charge is 2.19. The first kappa shape index (κ1) is 73.8. The summed E-state index contributed by atoms with van der Waals surface area (Å²) in [6.45, 7) is 6.43. The summed E-state index contributed by atoms with van der Waals surface area (Å²) in [5.74, 6) is -0.905. The zero-order valence-corrected chi connectivity index (χ0v) is 51.2. The molecule has 0 fully saturated rings. The monoisotopic (exact) mass is 1070 g/mol. The predicted molar refractivity (Wildman–Crippen MR) is 335 cm³/mol. The van der Waals surface area contributed by atoms with Gasteiger partial charge in [0.25, 0.3) is 0 Å². The van der Waals surface area contributed by atoms with E-state index in [-0.39, 0.29) is 31.1 Å². The van der Waals surface area contributed by atoms with E-state index in [1.807, 2.05) is 0 Å². The second-order valence-corrected chi connectivity index (χ2v) is 22.3. The topological polar surface area (TPSA) is 78.9 Å². The Morgan fingerprint density at radius 1 is 0.273 bits per heavy atom. The lowest BCUT2D eigenvalue weighted by atomic mass is 10.0. The van der Waals surface area contributed by atoms with Crippen molar-refractivity contribution in [3.8, 4) is 0 Å².